The van der Waals surface area contributed by atoms with Crippen molar-refractivity contribution in [3.05, 3.63) is 35.9 Å². The Morgan fingerprint density at radius 2 is 1.85 bits per heavy atom. The molecule has 3 unspecified atom stereocenters. The molecule has 0 radical (unpaired) electrons. The number of likely N-dealkylation sites (tertiary alicyclic amines) is 1. The summed E-state index contributed by atoms with van der Waals surface area (Å²) in [7, 11) is 0. The molecule has 148 valence electrons. The van der Waals surface area contributed by atoms with Crippen LogP contribution in [0.3, 0.4) is 0 Å². The largest absolute Gasteiger partial charge is 0.388 e. The minimum absolute atomic E-state index is 0.0413. The molecule has 4 rings (SSSR count). The number of benzene rings is 1. The Hall–Kier alpha value is -1.39. The zero-order valence-electron chi connectivity index (χ0n) is 16.6. The van der Waals surface area contributed by atoms with Gasteiger partial charge in [0.1, 0.15) is 0 Å². The second-order valence-corrected chi connectivity index (χ2v) is 9.22. The summed E-state index contributed by atoms with van der Waals surface area (Å²) in [5, 5.41) is 14.5. The van der Waals surface area contributed by atoms with Crippen LogP contribution in [0.15, 0.2) is 30.3 Å². The molecule has 1 aromatic carbocycles. The maximum Gasteiger partial charge on any atom is 0.223 e. The highest BCUT2D eigenvalue weighted by atomic mass is 16.3. The third-order valence-electron chi connectivity index (χ3n) is 6.89. The van der Waals surface area contributed by atoms with Crippen molar-refractivity contribution in [2.24, 2.45) is 11.8 Å². The summed E-state index contributed by atoms with van der Waals surface area (Å²) in [5.74, 6) is 1.03. The lowest BCUT2D eigenvalue weighted by molar-refractivity contribution is -0.130. The SMILES string of the molecule is CC1(O)CCN(CC2CCCCC2)C(c2ccccc2)C1NC(=O)C1CC1. The third kappa shape index (κ3) is 4.38. The molecular formula is C23H34N2O2. The summed E-state index contributed by atoms with van der Waals surface area (Å²) in [6.45, 7) is 3.86. The van der Waals surface area contributed by atoms with E-state index < -0.39 is 5.60 Å². The smallest absolute Gasteiger partial charge is 0.223 e. The zero-order chi connectivity index (χ0) is 18.9. The summed E-state index contributed by atoms with van der Waals surface area (Å²) in [5.41, 5.74) is 0.322. The van der Waals surface area contributed by atoms with Crippen molar-refractivity contribution in [3.63, 3.8) is 0 Å². The summed E-state index contributed by atoms with van der Waals surface area (Å²) in [6, 6.07) is 10.2. The summed E-state index contributed by atoms with van der Waals surface area (Å²) in [4.78, 5) is 15.1. The van der Waals surface area contributed by atoms with Gasteiger partial charge in [0.2, 0.25) is 5.91 Å². The predicted octanol–water partition coefficient (Wildman–Crippen LogP) is 3.66. The second-order valence-electron chi connectivity index (χ2n) is 9.22. The van der Waals surface area contributed by atoms with Gasteiger partial charge in [-0.3, -0.25) is 9.69 Å². The molecular weight excluding hydrogens is 336 g/mol. The van der Waals surface area contributed by atoms with Gasteiger partial charge in [-0.2, -0.15) is 0 Å². The van der Waals surface area contributed by atoms with Crippen molar-refractivity contribution < 1.29 is 9.90 Å². The number of amides is 1. The van der Waals surface area contributed by atoms with Gasteiger partial charge in [-0.25, -0.2) is 0 Å². The number of aliphatic hydroxyl groups is 1. The lowest BCUT2D eigenvalue weighted by Gasteiger charge is -2.50. The highest BCUT2D eigenvalue weighted by Crippen LogP contribution is 2.39. The Morgan fingerprint density at radius 1 is 1.15 bits per heavy atom. The summed E-state index contributed by atoms with van der Waals surface area (Å²) in [6.07, 6.45) is 9.36. The van der Waals surface area contributed by atoms with E-state index in [2.05, 4.69) is 34.5 Å². The molecule has 3 fully saturated rings. The van der Waals surface area contributed by atoms with Crippen LogP contribution in [0, 0.1) is 11.8 Å². The van der Waals surface area contributed by atoms with Gasteiger partial charge in [0, 0.05) is 19.0 Å². The highest BCUT2D eigenvalue weighted by molar-refractivity contribution is 5.81. The summed E-state index contributed by atoms with van der Waals surface area (Å²) < 4.78 is 0. The normalized spacial score (nSPS) is 33.0. The van der Waals surface area contributed by atoms with Gasteiger partial charge < -0.3 is 10.4 Å². The molecule has 4 nitrogen and oxygen atoms in total. The van der Waals surface area contributed by atoms with Gasteiger partial charge in [-0.05, 0) is 50.5 Å². The number of nitrogens with zero attached hydrogens (tertiary/aromatic N) is 1. The van der Waals surface area contributed by atoms with E-state index in [-0.39, 0.29) is 23.9 Å². The number of hydrogen-bond donors (Lipinski definition) is 2. The molecule has 2 N–H and O–H groups in total. The molecule has 0 bridgehead atoms. The number of nitrogens with one attached hydrogen (secondary N) is 1. The van der Waals surface area contributed by atoms with Crippen LogP contribution in [0.1, 0.15) is 69.9 Å². The fraction of sp³-hybridized carbons (Fsp3) is 0.696. The van der Waals surface area contributed by atoms with Crippen LogP contribution >= 0.6 is 0 Å². The number of carbonyl (C=O) groups excluding carboxylic acids is 1. The molecule has 27 heavy (non-hydrogen) atoms. The molecule has 0 spiro atoms. The van der Waals surface area contributed by atoms with Crippen molar-refractivity contribution in [2.45, 2.75) is 76.0 Å². The second kappa shape index (κ2) is 7.92. The fourth-order valence-corrected chi connectivity index (χ4v) is 5.03. The Balaban J connectivity index is 1.60. The Labute approximate surface area is 163 Å². The number of piperidine rings is 1. The van der Waals surface area contributed by atoms with Crippen LogP contribution in [-0.4, -0.2) is 40.6 Å². The van der Waals surface area contributed by atoms with E-state index in [0.717, 1.165) is 31.8 Å². The quantitative estimate of drug-likeness (QED) is 0.832. The van der Waals surface area contributed by atoms with Crippen LogP contribution in [0.5, 0.6) is 0 Å². The van der Waals surface area contributed by atoms with Gasteiger partial charge >= 0.3 is 0 Å². The van der Waals surface area contributed by atoms with E-state index >= 15 is 0 Å². The minimum Gasteiger partial charge on any atom is -0.388 e. The van der Waals surface area contributed by atoms with E-state index in [1.165, 1.54) is 37.7 Å². The van der Waals surface area contributed by atoms with Gasteiger partial charge in [-0.15, -0.1) is 0 Å². The number of rotatable bonds is 5. The first-order valence-electron chi connectivity index (χ1n) is 10.9. The molecule has 1 heterocycles. The van der Waals surface area contributed by atoms with E-state index in [1.54, 1.807) is 0 Å². The molecule has 0 aromatic heterocycles. The summed E-state index contributed by atoms with van der Waals surface area (Å²) >= 11 is 0. The van der Waals surface area contributed by atoms with Crippen LogP contribution in [0.25, 0.3) is 0 Å². The molecule has 2 aliphatic carbocycles. The standard InChI is InChI=1S/C23H34N2O2/c1-23(27)14-15-25(16-17-8-4-2-5-9-17)20(18-10-6-3-7-11-18)21(23)24-22(26)19-12-13-19/h3,6-7,10-11,17,19-21,27H,2,4-5,8-9,12-16H2,1H3,(H,24,26). The van der Waals surface area contributed by atoms with Crippen LogP contribution in [0.2, 0.25) is 0 Å². The van der Waals surface area contributed by atoms with Crippen molar-refractivity contribution >= 4 is 5.91 Å². The van der Waals surface area contributed by atoms with E-state index in [1.807, 2.05) is 13.0 Å². The van der Waals surface area contributed by atoms with Crippen LogP contribution in [-0.2, 0) is 4.79 Å². The molecule has 1 saturated heterocycles. The van der Waals surface area contributed by atoms with Gasteiger partial charge in [0.15, 0.2) is 0 Å². The van der Waals surface area contributed by atoms with Crippen LogP contribution < -0.4 is 5.32 Å². The van der Waals surface area contributed by atoms with Crippen molar-refractivity contribution in [2.75, 3.05) is 13.1 Å². The van der Waals surface area contributed by atoms with Crippen molar-refractivity contribution in [1.29, 1.82) is 0 Å². The molecule has 4 heteroatoms. The first kappa shape index (κ1) is 18.9. The molecule has 3 atom stereocenters. The lowest BCUT2D eigenvalue weighted by Crippen LogP contribution is -2.63. The van der Waals surface area contributed by atoms with E-state index in [9.17, 15) is 9.90 Å². The molecule has 1 aliphatic heterocycles. The lowest BCUT2D eigenvalue weighted by atomic mass is 9.78. The average molecular weight is 371 g/mol. The van der Waals surface area contributed by atoms with Crippen molar-refractivity contribution in [1.82, 2.24) is 10.2 Å². The average Bonchev–Trinajstić information content (AvgIpc) is 3.51. The van der Waals surface area contributed by atoms with Gasteiger partial charge in [0.05, 0.1) is 17.7 Å². The Morgan fingerprint density at radius 3 is 2.52 bits per heavy atom. The molecule has 2 saturated carbocycles. The zero-order valence-corrected chi connectivity index (χ0v) is 16.6. The Kier molecular flexibility index (Phi) is 5.56. The third-order valence-corrected chi connectivity index (χ3v) is 6.89. The monoisotopic (exact) mass is 370 g/mol. The number of hydrogen-bond acceptors (Lipinski definition) is 3. The fourth-order valence-electron chi connectivity index (χ4n) is 5.03. The first-order valence-corrected chi connectivity index (χ1v) is 10.9. The Bertz CT molecular complexity index is 635. The minimum atomic E-state index is -0.881. The van der Waals surface area contributed by atoms with Crippen molar-refractivity contribution in [3.8, 4) is 0 Å². The van der Waals surface area contributed by atoms with E-state index in [4.69, 9.17) is 0 Å². The maximum absolute atomic E-state index is 12.6. The topological polar surface area (TPSA) is 52.6 Å². The van der Waals surface area contributed by atoms with Crippen LogP contribution in [0.4, 0.5) is 0 Å². The number of carbonyl (C=O) groups is 1. The first-order chi connectivity index (χ1) is 13.0. The molecule has 3 aliphatic rings. The maximum atomic E-state index is 12.6. The highest BCUT2D eigenvalue weighted by Gasteiger charge is 2.47. The van der Waals surface area contributed by atoms with Gasteiger partial charge in [0.25, 0.3) is 0 Å². The molecule has 1 amide bonds. The predicted molar refractivity (Wildman–Crippen MR) is 107 cm³/mol. The van der Waals surface area contributed by atoms with Gasteiger partial charge in [-0.1, -0.05) is 49.6 Å². The van der Waals surface area contributed by atoms with E-state index in [0.29, 0.717) is 6.42 Å². The molecule has 1 aromatic rings.